The molecule has 0 aromatic carbocycles. The lowest BCUT2D eigenvalue weighted by Crippen LogP contribution is -2.62. The second-order valence-corrected chi connectivity index (χ2v) is 13.7. The summed E-state index contributed by atoms with van der Waals surface area (Å²) in [4.78, 5) is 26.2. The maximum atomic E-state index is 13.2. The molecule has 0 aromatic heterocycles. The van der Waals surface area contributed by atoms with Crippen molar-refractivity contribution in [3.63, 3.8) is 0 Å². The van der Waals surface area contributed by atoms with Gasteiger partial charge in [-0.3, -0.25) is 4.79 Å². The Morgan fingerprint density at radius 3 is 1.74 bits per heavy atom. The minimum atomic E-state index is -0.677. The highest BCUT2D eigenvalue weighted by Crippen LogP contribution is 2.61. The van der Waals surface area contributed by atoms with Gasteiger partial charge in [-0.15, -0.1) is 0 Å². The maximum Gasteiger partial charge on any atom is 0.344 e. The molecule has 0 heterocycles. The minimum Gasteiger partial charge on any atom is -0.456 e. The van der Waals surface area contributed by atoms with Gasteiger partial charge in [-0.1, -0.05) is 55.4 Å². The van der Waals surface area contributed by atoms with Crippen LogP contribution >= 0.6 is 0 Å². The summed E-state index contributed by atoms with van der Waals surface area (Å²) < 4.78 is 12.0. The molecular formula is C27H46O4. The average molecular weight is 435 g/mol. The van der Waals surface area contributed by atoms with Gasteiger partial charge in [0, 0.05) is 0 Å². The minimum absolute atomic E-state index is 0.0242. The fourth-order valence-electron chi connectivity index (χ4n) is 7.36. The van der Waals surface area contributed by atoms with Gasteiger partial charge in [-0.2, -0.15) is 0 Å². The summed E-state index contributed by atoms with van der Waals surface area (Å²) in [5, 5.41) is 0. The Kier molecular flexibility index (Phi) is 6.39. The van der Waals surface area contributed by atoms with Crippen molar-refractivity contribution in [2.75, 3.05) is 6.61 Å². The van der Waals surface area contributed by atoms with Gasteiger partial charge in [0.25, 0.3) is 0 Å². The largest absolute Gasteiger partial charge is 0.456 e. The number of ether oxygens (including phenoxy) is 2. The third-order valence-electron chi connectivity index (χ3n) is 8.92. The van der Waals surface area contributed by atoms with E-state index in [1.54, 1.807) is 0 Å². The molecule has 1 unspecified atom stereocenters. The summed E-state index contributed by atoms with van der Waals surface area (Å²) in [6.07, 6.45) is 6.81. The monoisotopic (exact) mass is 434 g/mol. The first-order chi connectivity index (χ1) is 14.1. The molecule has 4 fully saturated rings. The van der Waals surface area contributed by atoms with E-state index in [0.717, 1.165) is 11.8 Å². The van der Waals surface area contributed by atoms with Crippen molar-refractivity contribution in [2.24, 2.45) is 45.8 Å². The zero-order valence-electron chi connectivity index (χ0n) is 21.5. The van der Waals surface area contributed by atoms with Crippen LogP contribution in [0.4, 0.5) is 0 Å². The van der Waals surface area contributed by atoms with Crippen LogP contribution in [-0.2, 0) is 19.1 Å². The molecule has 0 aromatic rings. The van der Waals surface area contributed by atoms with Crippen LogP contribution in [0.25, 0.3) is 0 Å². The third-order valence-corrected chi connectivity index (χ3v) is 8.92. The summed E-state index contributed by atoms with van der Waals surface area (Å²) in [5.74, 6) is 2.17. The Labute approximate surface area is 190 Å². The normalized spacial score (nSPS) is 34.5. The zero-order valence-corrected chi connectivity index (χ0v) is 21.5. The maximum absolute atomic E-state index is 13.2. The van der Waals surface area contributed by atoms with Crippen LogP contribution in [-0.4, -0.2) is 24.1 Å². The predicted molar refractivity (Wildman–Crippen MR) is 123 cm³/mol. The fraction of sp³-hybridized carbons (Fsp3) is 0.926. The summed E-state index contributed by atoms with van der Waals surface area (Å²) >= 11 is 0. The molecule has 0 N–H and O–H groups in total. The Morgan fingerprint density at radius 2 is 1.35 bits per heavy atom. The molecule has 4 rings (SSSR count). The van der Waals surface area contributed by atoms with E-state index in [-0.39, 0.29) is 40.9 Å². The van der Waals surface area contributed by atoms with Crippen LogP contribution < -0.4 is 0 Å². The van der Waals surface area contributed by atoms with Gasteiger partial charge in [-0.25, -0.2) is 4.79 Å². The molecule has 0 spiro atoms. The second-order valence-electron chi connectivity index (χ2n) is 13.7. The van der Waals surface area contributed by atoms with Crippen LogP contribution in [0.15, 0.2) is 0 Å². The lowest BCUT2D eigenvalue weighted by Gasteiger charge is -2.61. The highest BCUT2D eigenvalue weighted by molar-refractivity contribution is 5.81. The topological polar surface area (TPSA) is 52.6 Å². The molecular weight excluding hydrogens is 388 g/mol. The van der Waals surface area contributed by atoms with Crippen molar-refractivity contribution in [1.82, 2.24) is 0 Å². The Bertz CT molecular complexity index is 665. The van der Waals surface area contributed by atoms with E-state index in [0.29, 0.717) is 18.3 Å². The number of rotatable bonds is 6. The second kappa shape index (κ2) is 8.06. The molecule has 4 saturated carbocycles. The third kappa shape index (κ3) is 4.55. The number of esters is 2. The van der Waals surface area contributed by atoms with Gasteiger partial charge in [0.2, 0.25) is 0 Å². The van der Waals surface area contributed by atoms with Crippen molar-refractivity contribution in [1.29, 1.82) is 0 Å². The molecule has 4 bridgehead atoms. The predicted octanol–water partition coefficient (Wildman–Crippen LogP) is 6.41. The number of carbonyl (C=O) groups excluding carboxylic acids is 2. The standard InChI is InChI=1S/C27H46O4/c1-17(2)27(20-11-18-10-19(13-20)14-21(27)12-18)31-22(28)15-30-23(29)26(9,25(6,7)8)16-24(3,4)5/h17-21H,10-16H2,1-9H3. The molecule has 178 valence electrons. The smallest absolute Gasteiger partial charge is 0.344 e. The van der Waals surface area contributed by atoms with Crippen molar-refractivity contribution in [3.05, 3.63) is 0 Å². The number of hydrogen-bond donors (Lipinski definition) is 0. The average Bonchev–Trinajstić information content (AvgIpc) is 2.59. The Morgan fingerprint density at radius 1 is 0.871 bits per heavy atom. The molecule has 0 saturated heterocycles. The van der Waals surface area contributed by atoms with Gasteiger partial charge >= 0.3 is 11.9 Å². The van der Waals surface area contributed by atoms with Crippen LogP contribution in [0.5, 0.6) is 0 Å². The molecule has 0 aliphatic heterocycles. The van der Waals surface area contributed by atoms with E-state index >= 15 is 0 Å². The summed E-state index contributed by atoms with van der Waals surface area (Å²) in [7, 11) is 0. The quantitative estimate of drug-likeness (QED) is 0.453. The van der Waals surface area contributed by atoms with E-state index in [1.165, 1.54) is 32.1 Å². The van der Waals surface area contributed by atoms with Crippen molar-refractivity contribution in [2.45, 2.75) is 106 Å². The van der Waals surface area contributed by atoms with Gasteiger partial charge in [0.05, 0.1) is 5.41 Å². The first kappa shape index (κ1) is 24.6. The highest BCUT2D eigenvalue weighted by atomic mass is 16.6. The summed E-state index contributed by atoms with van der Waals surface area (Å²) in [6, 6.07) is 0. The number of hydrogen-bond acceptors (Lipinski definition) is 4. The molecule has 1 atom stereocenters. The van der Waals surface area contributed by atoms with Crippen molar-refractivity contribution < 1.29 is 19.1 Å². The van der Waals surface area contributed by atoms with Gasteiger partial charge in [-0.05, 0) is 85.9 Å². The van der Waals surface area contributed by atoms with Crippen LogP contribution in [0.1, 0.15) is 101 Å². The van der Waals surface area contributed by atoms with Crippen LogP contribution in [0, 0.1) is 45.8 Å². The molecule has 0 radical (unpaired) electrons. The summed E-state index contributed by atoms with van der Waals surface area (Å²) in [5.41, 5.74) is -1.36. The van der Waals surface area contributed by atoms with E-state index in [9.17, 15) is 9.59 Å². The van der Waals surface area contributed by atoms with Crippen LogP contribution in [0.3, 0.4) is 0 Å². The van der Waals surface area contributed by atoms with Crippen molar-refractivity contribution >= 4 is 11.9 Å². The molecule has 0 amide bonds. The SMILES string of the molecule is CC(C)C1(OC(=O)COC(=O)C(C)(CC(C)(C)C)C(C)(C)C)C2CC3CC(C2)CC1C3. The summed E-state index contributed by atoms with van der Waals surface area (Å²) in [6.45, 7) is 18.7. The first-order valence-electron chi connectivity index (χ1n) is 12.5. The lowest BCUT2D eigenvalue weighted by molar-refractivity contribution is -0.228. The van der Waals surface area contributed by atoms with Crippen LogP contribution in [0.2, 0.25) is 0 Å². The molecule has 4 aliphatic carbocycles. The zero-order chi connectivity index (χ0) is 23.4. The van der Waals surface area contributed by atoms with E-state index in [2.05, 4.69) is 55.4 Å². The van der Waals surface area contributed by atoms with Gasteiger partial charge in [0.1, 0.15) is 5.60 Å². The van der Waals surface area contributed by atoms with E-state index < -0.39 is 5.41 Å². The molecule has 31 heavy (non-hydrogen) atoms. The molecule has 4 aliphatic rings. The first-order valence-corrected chi connectivity index (χ1v) is 12.5. The van der Waals surface area contributed by atoms with E-state index in [1.807, 2.05) is 6.92 Å². The van der Waals surface area contributed by atoms with E-state index in [4.69, 9.17) is 9.47 Å². The van der Waals surface area contributed by atoms with Gasteiger partial charge in [0.15, 0.2) is 6.61 Å². The Balaban J connectivity index is 1.69. The van der Waals surface area contributed by atoms with Crippen molar-refractivity contribution in [3.8, 4) is 0 Å². The molecule has 4 nitrogen and oxygen atoms in total. The number of carbonyl (C=O) groups is 2. The fourth-order valence-corrected chi connectivity index (χ4v) is 7.36. The molecule has 4 heteroatoms. The Hall–Kier alpha value is -1.06. The van der Waals surface area contributed by atoms with Gasteiger partial charge < -0.3 is 9.47 Å². The highest BCUT2D eigenvalue weighted by Gasteiger charge is 2.61. The lowest BCUT2D eigenvalue weighted by atomic mass is 9.47.